The third-order valence-electron chi connectivity index (χ3n) is 5.92. The summed E-state index contributed by atoms with van der Waals surface area (Å²) >= 11 is 0. The van der Waals surface area contributed by atoms with Gasteiger partial charge in [0.2, 0.25) is 0 Å². The van der Waals surface area contributed by atoms with E-state index in [4.69, 9.17) is 14.2 Å². The SMILES string of the molecule is CCOC(=O)CCC(=O)Oc1c(OC=O)ccc2c1-c1cccc3c1C(C2)N(C)CC3. The van der Waals surface area contributed by atoms with Crippen molar-refractivity contribution in [2.24, 2.45) is 0 Å². The molecule has 0 saturated heterocycles. The lowest BCUT2D eigenvalue weighted by atomic mass is 9.77. The molecule has 1 atom stereocenters. The number of nitrogens with zero attached hydrogens (tertiary/aromatic N) is 1. The van der Waals surface area contributed by atoms with E-state index in [9.17, 15) is 14.4 Å². The predicted molar refractivity (Wildman–Crippen MR) is 113 cm³/mol. The minimum atomic E-state index is -0.582. The summed E-state index contributed by atoms with van der Waals surface area (Å²) in [5.74, 6) is -0.639. The summed E-state index contributed by atoms with van der Waals surface area (Å²) in [7, 11) is 2.12. The molecule has 7 heteroatoms. The summed E-state index contributed by atoms with van der Waals surface area (Å²) in [5, 5.41) is 0. The Morgan fingerprint density at radius 1 is 1.13 bits per heavy atom. The number of likely N-dealkylation sites (N-methyl/N-ethyl adjacent to an activating group) is 1. The van der Waals surface area contributed by atoms with Crippen LogP contribution in [-0.2, 0) is 32.0 Å². The third kappa shape index (κ3) is 4.05. The van der Waals surface area contributed by atoms with Gasteiger partial charge in [-0.1, -0.05) is 24.3 Å². The molecule has 0 saturated carbocycles. The zero-order chi connectivity index (χ0) is 22.0. The molecular weight excluding hydrogens is 398 g/mol. The molecule has 2 aliphatic rings. The maximum atomic E-state index is 12.5. The van der Waals surface area contributed by atoms with E-state index < -0.39 is 11.9 Å². The first-order chi connectivity index (χ1) is 15.0. The van der Waals surface area contributed by atoms with E-state index in [-0.39, 0.29) is 37.0 Å². The van der Waals surface area contributed by atoms with Crippen LogP contribution in [0.5, 0.6) is 11.5 Å². The van der Waals surface area contributed by atoms with E-state index >= 15 is 0 Å². The molecule has 1 aliphatic carbocycles. The Morgan fingerprint density at radius 3 is 2.71 bits per heavy atom. The van der Waals surface area contributed by atoms with Crippen LogP contribution in [-0.4, -0.2) is 43.5 Å². The van der Waals surface area contributed by atoms with Crippen LogP contribution in [0, 0.1) is 0 Å². The molecule has 0 amide bonds. The van der Waals surface area contributed by atoms with Crippen molar-refractivity contribution in [3.63, 3.8) is 0 Å². The van der Waals surface area contributed by atoms with Gasteiger partial charge in [-0.2, -0.15) is 0 Å². The van der Waals surface area contributed by atoms with E-state index in [1.165, 1.54) is 11.1 Å². The van der Waals surface area contributed by atoms with E-state index in [0.717, 1.165) is 36.1 Å². The van der Waals surface area contributed by atoms with Crippen molar-refractivity contribution in [3.8, 4) is 22.6 Å². The Hall–Kier alpha value is -3.19. The van der Waals surface area contributed by atoms with Gasteiger partial charge < -0.3 is 14.2 Å². The van der Waals surface area contributed by atoms with Crippen LogP contribution in [0.3, 0.4) is 0 Å². The second kappa shape index (κ2) is 8.89. The fraction of sp³-hybridized carbons (Fsp3) is 0.375. The van der Waals surface area contributed by atoms with Crippen molar-refractivity contribution >= 4 is 18.4 Å². The summed E-state index contributed by atoms with van der Waals surface area (Å²) in [6, 6.07) is 9.98. The monoisotopic (exact) mass is 423 g/mol. The van der Waals surface area contributed by atoms with Gasteiger partial charge in [-0.3, -0.25) is 19.3 Å². The normalized spacial score (nSPS) is 16.6. The second-order valence-corrected chi connectivity index (χ2v) is 7.75. The molecule has 1 heterocycles. The van der Waals surface area contributed by atoms with Crippen molar-refractivity contribution in [2.45, 2.75) is 38.6 Å². The Morgan fingerprint density at radius 2 is 1.94 bits per heavy atom. The highest BCUT2D eigenvalue weighted by atomic mass is 16.6. The second-order valence-electron chi connectivity index (χ2n) is 7.75. The van der Waals surface area contributed by atoms with Crippen LogP contribution in [0.25, 0.3) is 11.1 Å². The van der Waals surface area contributed by atoms with Gasteiger partial charge in [-0.25, -0.2) is 0 Å². The number of carbonyl (C=O) groups excluding carboxylic acids is 3. The van der Waals surface area contributed by atoms with Gasteiger partial charge in [-0.05, 0) is 55.1 Å². The van der Waals surface area contributed by atoms with Crippen LogP contribution in [0.2, 0.25) is 0 Å². The van der Waals surface area contributed by atoms with Gasteiger partial charge in [0.15, 0.2) is 11.5 Å². The maximum Gasteiger partial charge on any atom is 0.311 e. The molecule has 0 fully saturated rings. The van der Waals surface area contributed by atoms with Gasteiger partial charge in [-0.15, -0.1) is 0 Å². The van der Waals surface area contributed by atoms with Crippen molar-refractivity contribution in [2.75, 3.05) is 20.2 Å². The number of hydrogen-bond acceptors (Lipinski definition) is 7. The predicted octanol–water partition coefficient (Wildman–Crippen LogP) is 3.22. The highest BCUT2D eigenvalue weighted by Crippen LogP contribution is 2.50. The Balaban J connectivity index is 1.74. The number of ether oxygens (including phenoxy) is 3. The third-order valence-corrected chi connectivity index (χ3v) is 5.92. The summed E-state index contributed by atoms with van der Waals surface area (Å²) in [6.45, 7) is 3.27. The molecule has 0 spiro atoms. The van der Waals surface area contributed by atoms with Gasteiger partial charge in [0.1, 0.15) is 0 Å². The van der Waals surface area contributed by atoms with Crippen LogP contribution >= 0.6 is 0 Å². The molecule has 4 rings (SSSR count). The van der Waals surface area contributed by atoms with Crippen LogP contribution in [0.1, 0.15) is 42.5 Å². The summed E-state index contributed by atoms with van der Waals surface area (Å²) in [5.41, 5.74) is 5.30. The highest BCUT2D eigenvalue weighted by molar-refractivity contribution is 5.87. The number of benzene rings is 2. The van der Waals surface area contributed by atoms with Crippen molar-refractivity contribution in [1.29, 1.82) is 0 Å². The topological polar surface area (TPSA) is 82.1 Å². The van der Waals surface area contributed by atoms with Crippen LogP contribution < -0.4 is 9.47 Å². The van der Waals surface area contributed by atoms with E-state index in [2.05, 4.69) is 18.0 Å². The number of rotatable bonds is 7. The Labute approximate surface area is 180 Å². The zero-order valence-electron chi connectivity index (χ0n) is 17.7. The molecule has 7 nitrogen and oxygen atoms in total. The molecule has 0 N–H and O–H groups in total. The number of carbonyl (C=O) groups is 3. The minimum absolute atomic E-state index is 0.0703. The van der Waals surface area contributed by atoms with Crippen LogP contribution in [0.15, 0.2) is 30.3 Å². The van der Waals surface area contributed by atoms with Crippen molar-refractivity contribution in [1.82, 2.24) is 4.90 Å². The Bertz CT molecular complexity index is 1030. The first-order valence-corrected chi connectivity index (χ1v) is 10.5. The first-order valence-electron chi connectivity index (χ1n) is 10.5. The van der Waals surface area contributed by atoms with E-state index in [1.807, 2.05) is 18.2 Å². The van der Waals surface area contributed by atoms with Crippen molar-refractivity contribution < 1.29 is 28.6 Å². The Kier molecular flexibility index (Phi) is 6.04. The fourth-order valence-corrected chi connectivity index (χ4v) is 4.50. The highest BCUT2D eigenvalue weighted by Gasteiger charge is 2.35. The lowest BCUT2D eigenvalue weighted by Gasteiger charge is -2.40. The van der Waals surface area contributed by atoms with E-state index in [0.29, 0.717) is 6.47 Å². The average molecular weight is 423 g/mol. The molecule has 2 aromatic rings. The lowest BCUT2D eigenvalue weighted by Crippen LogP contribution is -2.35. The maximum absolute atomic E-state index is 12.5. The molecule has 0 aromatic heterocycles. The fourth-order valence-electron chi connectivity index (χ4n) is 4.50. The number of fused-ring (bicyclic) bond motifs is 2. The summed E-state index contributed by atoms with van der Waals surface area (Å²) in [4.78, 5) is 37.6. The molecule has 0 bridgehead atoms. The molecule has 0 radical (unpaired) electrons. The summed E-state index contributed by atoms with van der Waals surface area (Å²) in [6.07, 6.45) is 1.52. The first kappa shape index (κ1) is 21.1. The zero-order valence-corrected chi connectivity index (χ0v) is 17.7. The molecule has 1 unspecified atom stereocenters. The van der Waals surface area contributed by atoms with Gasteiger partial charge in [0.05, 0.1) is 19.4 Å². The molecular formula is C24H25NO6. The number of hydrogen-bond donors (Lipinski definition) is 0. The smallest absolute Gasteiger partial charge is 0.311 e. The molecule has 1 aliphatic heterocycles. The largest absolute Gasteiger partial charge is 0.466 e. The van der Waals surface area contributed by atoms with Gasteiger partial charge in [0, 0.05) is 18.2 Å². The standard InChI is InChI=1S/C24H25NO6/c1-3-29-20(27)9-10-21(28)31-24-19(30-14-26)8-7-16-13-18-22-15(11-12-25(18)2)5-4-6-17(22)23(16)24/h4-8,14,18H,3,9-13H2,1-2H3. The van der Waals surface area contributed by atoms with Crippen LogP contribution in [0.4, 0.5) is 0 Å². The molecule has 31 heavy (non-hydrogen) atoms. The molecule has 162 valence electrons. The number of esters is 2. The average Bonchev–Trinajstić information content (AvgIpc) is 2.76. The van der Waals surface area contributed by atoms with Gasteiger partial charge in [0.25, 0.3) is 6.47 Å². The summed E-state index contributed by atoms with van der Waals surface area (Å²) < 4.78 is 15.7. The van der Waals surface area contributed by atoms with E-state index in [1.54, 1.807) is 13.0 Å². The lowest BCUT2D eigenvalue weighted by molar-refractivity contribution is -0.146. The van der Waals surface area contributed by atoms with Crippen molar-refractivity contribution in [3.05, 3.63) is 47.0 Å². The molecule has 2 aromatic carbocycles. The van der Waals surface area contributed by atoms with Gasteiger partial charge >= 0.3 is 11.9 Å². The minimum Gasteiger partial charge on any atom is -0.466 e. The quantitative estimate of drug-likeness (QED) is 0.384.